The number of carbonyl (C=O) groups is 3. The number of nitrogens with zero attached hydrogens (tertiary/aromatic N) is 1. The molecular weight excluding hydrogens is 402 g/mol. The summed E-state index contributed by atoms with van der Waals surface area (Å²) in [6.07, 6.45) is 10.3. The second kappa shape index (κ2) is 9.96. The van der Waals surface area contributed by atoms with E-state index >= 15 is 0 Å². The highest BCUT2D eigenvalue weighted by Gasteiger charge is 2.62. The van der Waals surface area contributed by atoms with Crippen LogP contribution in [0, 0.1) is 11.8 Å². The lowest BCUT2D eigenvalue weighted by molar-refractivity contribution is -0.145. The van der Waals surface area contributed by atoms with E-state index in [2.05, 4.69) is 24.8 Å². The largest absolute Gasteiger partial charge is 0.478 e. The van der Waals surface area contributed by atoms with Gasteiger partial charge in [-0.1, -0.05) is 11.6 Å². The Morgan fingerprint density at radius 3 is 2.48 bits per heavy atom. The highest BCUT2D eigenvalue weighted by molar-refractivity contribution is 5.89. The second-order valence-electron chi connectivity index (χ2n) is 9.17. The first-order chi connectivity index (χ1) is 14.7. The van der Waals surface area contributed by atoms with Gasteiger partial charge in [-0.2, -0.15) is 0 Å². The summed E-state index contributed by atoms with van der Waals surface area (Å²) in [7, 11) is 0. The van der Waals surface area contributed by atoms with Crippen molar-refractivity contribution in [2.24, 2.45) is 11.8 Å². The molecule has 3 aliphatic heterocycles. The molecule has 0 amide bonds. The lowest BCUT2D eigenvalue weighted by atomic mass is 9.80. The fraction of sp³-hybridized carbons (Fsp3) is 0.696. The number of hydrogen-bond donors (Lipinski definition) is 2. The molecule has 8 nitrogen and oxygen atoms in total. The summed E-state index contributed by atoms with van der Waals surface area (Å²) in [5.41, 5.74) is 1.37. The zero-order valence-corrected chi connectivity index (χ0v) is 18.3. The molecule has 1 aliphatic carbocycles. The van der Waals surface area contributed by atoms with Gasteiger partial charge >= 0.3 is 17.9 Å². The molecule has 2 N–H and O–H groups in total. The van der Waals surface area contributed by atoms with E-state index in [4.69, 9.17) is 19.7 Å². The van der Waals surface area contributed by atoms with Crippen LogP contribution in [-0.4, -0.2) is 70.5 Å². The molecule has 4 aliphatic rings. The van der Waals surface area contributed by atoms with Crippen LogP contribution in [0.15, 0.2) is 23.8 Å². The van der Waals surface area contributed by atoms with E-state index < -0.39 is 11.9 Å². The molecule has 31 heavy (non-hydrogen) atoms. The Hall–Kier alpha value is -2.19. The summed E-state index contributed by atoms with van der Waals surface area (Å²) in [6, 6.07) is 0. The number of fused-ring (bicyclic) bond motifs is 3. The van der Waals surface area contributed by atoms with Gasteiger partial charge in [0, 0.05) is 24.6 Å². The lowest BCUT2D eigenvalue weighted by Gasteiger charge is -2.25. The Bertz CT molecular complexity index is 739. The van der Waals surface area contributed by atoms with E-state index in [1.165, 1.54) is 18.4 Å². The summed E-state index contributed by atoms with van der Waals surface area (Å²) in [4.78, 5) is 34.1. The SMILES string of the molecule is C/C1=C\CC[C@@]2(C)O[C@H]2[C@H]2OC(=O)[C@@H](CN3CCCC3)[C@@H]2CC1.O=C(O)/C=C/C(=O)O. The fourth-order valence-electron chi connectivity index (χ4n) is 4.93. The van der Waals surface area contributed by atoms with Gasteiger partial charge in [0.05, 0.1) is 11.5 Å². The van der Waals surface area contributed by atoms with Crippen molar-refractivity contribution in [2.45, 2.75) is 70.2 Å². The van der Waals surface area contributed by atoms with E-state index in [0.29, 0.717) is 18.1 Å². The number of likely N-dealkylation sites (tertiary alicyclic amines) is 1. The van der Waals surface area contributed by atoms with Crippen LogP contribution in [-0.2, 0) is 23.9 Å². The summed E-state index contributed by atoms with van der Waals surface area (Å²) in [5.74, 6) is -2.14. The van der Waals surface area contributed by atoms with E-state index in [1.807, 2.05) is 0 Å². The van der Waals surface area contributed by atoms with Gasteiger partial charge in [0.25, 0.3) is 0 Å². The molecular formula is C23H33NO7. The number of carboxylic acid groups (broad SMARTS) is 2. The number of carbonyl (C=O) groups excluding carboxylic acids is 1. The van der Waals surface area contributed by atoms with Crippen LogP contribution < -0.4 is 0 Å². The maximum atomic E-state index is 12.6. The molecule has 0 spiro atoms. The molecule has 5 atom stereocenters. The average molecular weight is 436 g/mol. The van der Waals surface area contributed by atoms with Gasteiger partial charge in [-0.05, 0) is 65.5 Å². The fourth-order valence-corrected chi connectivity index (χ4v) is 4.93. The first-order valence-corrected chi connectivity index (χ1v) is 11.1. The second-order valence-corrected chi connectivity index (χ2v) is 9.17. The minimum atomic E-state index is -1.26. The van der Waals surface area contributed by atoms with Crippen LogP contribution in [0.2, 0.25) is 0 Å². The number of epoxide rings is 1. The number of allylic oxidation sites excluding steroid dienone is 2. The van der Waals surface area contributed by atoms with Crippen molar-refractivity contribution in [3.05, 3.63) is 23.8 Å². The number of ether oxygens (including phenoxy) is 2. The Labute approximate surface area is 182 Å². The van der Waals surface area contributed by atoms with Crippen molar-refractivity contribution in [1.29, 1.82) is 0 Å². The predicted molar refractivity (Wildman–Crippen MR) is 112 cm³/mol. The Kier molecular flexibility index (Phi) is 7.54. The van der Waals surface area contributed by atoms with Gasteiger partial charge in [-0.3, -0.25) is 4.79 Å². The van der Waals surface area contributed by atoms with Crippen LogP contribution in [0.1, 0.15) is 52.4 Å². The minimum Gasteiger partial charge on any atom is -0.478 e. The van der Waals surface area contributed by atoms with Crippen molar-refractivity contribution >= 4 is 17.9 Å². The molecule has 0 saturated carbocycles. The number of rotatable bonds is 4. The van der Waals surface area contributed by atoms with E-state index in [0.717, 1.165) is 45.3 Å². The number of hydrogen-bond acceptors (Lipinski definition) is 6. The van der Waals surface area contributed by atoms with Crippen molar-refractivity contribution in [2.75, 3.05) is 19.6 Å². The third-order valence-corrected chi connectivity index (χ3v) is 6.76. The highest BCUT2D eigenvalue weighted by Crippen LogP contribution is 2.50. The number of carboxylic acids is 2. The summed E-state index contributed by atoms with van der Waals surface area (Å²) in [5, 5.41) is 15.6. The molecule has 8 heteroatoms. The van der Waals surface area contributed by atoms with E-state index in [9.17, 15) is 14.4 Å². The van der Waals surface area contributed by atoms with Crippen molar-refractivity contribution < 1.29 is 34.1 Å². The molecule has 0 radical (unpaired) electrons. The summed E-state index contributed by atoms with van der Waals surface area (Å²) >= 11 is 0. The molecule has 4 rings (SSSR count). The molecule has 0 aromatic carbocycles. The maximum Gasteiger partial charge on any atom is 0.328 e. The molecule has 3 fully saturated rings. The zero-order chi connectivity index (χ0) is 22.6. The molecule has 172 valence electrons. The Balaban J connectivity index is 0.000000293. The monoisotopic (exact) mass is 435 g/mol. The van der Waals surface area contributed by atoms with Gasteiger partial charge in [0.2, 0.25) is 0 Å². The Morgan fingerprint density at radius 2 is 1.87 bits per heavy atom. The molecule has 0 aromatic heterocycles. The van der Waals surface area contributed by atoms with Crippen LogP contribution in [0.3, 0.4) is 0 Å². The summed E-state index contributed by atoms with van der Waals surface area (Å²) < 4.78 is 11.9. The van der Waals surface area contributed by atoms with Crippen molar-refractivity contribution in [1.82, 2.24) is 4.90 Å². The van der Waals surface area contributed by atoms with Gasteiger partial charge in [-0.25, -0.2) is 9.59 Å². The van der Waals surface area contributed by atoms with Gasteiger partial charge in [-0.15, -0.1) is 0 Å². The molecule has 3 saturated heterocycles. The lowest BCUT2D eigenvalue weighted by Crippen LogP contribution is -2.35. The van der Waals surface area contributed by atoms with Crippen molar-refractivity contribution in [3.63, 3.8) is 0 Å². The van der Waals surface area contributed by atoms with E-state index in [-0.39, 0.29) is 29.7 Å². The van der Waals surface area contributed by atoms with E-state index in [1.54, 1.807) is 0 Å². The third kappa shape index (κ3) is 6.17. The minimum absolute atomic E-state index is 0.0191. The summed E-state index contributed by atoms with van der Waals surface area (Å²) in [6.45, 7) is 7.56. The first kappa shape index (κ1) is 23.5. The van der Waals surface area contributed by atoms with Crippen LogP contribution in [0.4, 0.5) is 0 Å². The standard InChI is InChI=1S/C19H29NO3.C4H4O4/c1-13-6-5-9-19(2)17(23-19)16-14(8-7-13)15(18(21)22-16)12-20-10-3-4-11-20;5-3(6)1-2-4(7)8/h6,14-17H,3-5,7-12H2,1-2H3;1-2H,(H,5,6)(H,7,8)/b13-6+;2-1+/t14-,15-,16-,17-,19+;/m0./s1. The first-order valence-electron chi connectivity index (χ1n) is 11.1. The molecule has 3 heterocycles. The third-order valence-electron chi connectivity index (χ3n) is 6.76. The Morgan fingerprint density at radius 1 is 1.23 bits per heavy atom. The van der Waals surface area contributed by atoms with Gasteiger partial charge < -0.3 is 24.6 Å². The molecule has 0 aromatic rings. The molecule has 0 bridgehead atoms. The quantitative estimate of drug-likeness (QED) is 0.300. The zero-order valence-electron chi connectivity index (χ0n) is 18.3. The average Bonchev–Trinajstić information content (AvgIpc) is 3.03. The van der Waals surface area contributed by atoms with Gasteiger partial charge in [0.15, 0.2) is 0 Å². The van der Waals surface area contributed by atoms with Crippen LogP contribution >= 0.6 is 0 Å². The van der Waals surface area contributed by atoms with Gasteiger partial charge in [0.1, 0.15) is 12.2 Å². The molecule has 0 unspecified atom stereocenters. The van der Waals surface area contributed by atoms with Crippen molar-refractivity contribution in [3.8, 4) is 0 Å². The van der Waals surface area contributed by atoms with Crippen LogP contribution in [0.25, 0.3) is 0 Å². The normalized spacial score (nSPS) is 37.0. The maximum absolute atomic E-state index is 12.6. The topological polar surface area (TPSA) is 117 Å². The highest BCUT2D eigenvalue weighted by atomic mass is 16.6. The number of aliphatic carboxylic acids is 2. The van der Waals surface area contributed by atoms with Crippen LogP contribution in [0.5, 0.6) is 0 Å². The smallest absolute Gasteiger partial charge is 0.328 e. The number of esters is 1. The predicted octanol–water partition coefficient (Wildman–Crippen LogP) is 2.63.